The molecule has 174 valence electrons. The summed E-state index contributed by atoms with van der Waals surface area (Å²) in [6, 6.07) is 13.5. The molecule has 0 saturated carbocycles. The second-order valence-corrected chi connectivity index (χ2v) is 9.00. The minimum atomic E-state index is -0.429. The molecule has 3 heterocycles. The Labute approximate surface area is 204 Å². The van der Waals surface area contributed by atoms with Crippen molar-refractivity contribution >= 4 is 51.2 Å². The molecule has 0 radical (unpaired) electrons. The zero-order valence-corrected chi connectivity index (χ0v) is 20.1. The van der Waals surface area contributed by atoms with Gasteiger partial charge in [0.2, 0.25) is 5.95 Å². The number of nitrogens with zero attached hydrogens (tertiary/aromatic N) is 4. The van der Waals surface area contributed by atoms with Crippen molar-refractivity contribution in [3.8, 4) is 0 Å². The van der Waals surface area contributed by atoms with E-state index < -0.39 is 11.2 Å². The molecule has 0 spiro atoms. The molecule has 0 bridgehead atoms. The van der Waals surface area contributed by atoms with E-state index in [1.807, 2.05) is 30.5 Å². The van der Waals surface area contributed by atoms with E-state index in [1.165, 1.54) is 22.6 Å². The average Bonchev–Trinajstić information content (AvgIpc) is 3.41. The Kier molecular flexibility index (Phi) is 5.71. The van der Waals surface area contributed by atoms with Crippen molar-refractivity contribution in [1.82, 2.24) is 23.7 Å². The van der Waals surface area contributed by atoms with E-state index in [4.69, 9.17) is 23.2 Å². The summed E-state index contributed by atoms with van der Waals surface area (Å²) in [6.45, 7) is 0.914. The highest BCUT2D eigenvalue weighted by Gasteiger charge is 2.19. The molecule has 0 aliphatic carbocycles. The lowest BCUT2D eigenvalue weighted by Gasteiger charge is -2.12. The number of benzene rings is 2. The highest BCUT2D eigenvalue weighted by molar-refractivity contribution is 6.42. The number of para-hydroxylation sites is 1. The van der Waals surface area contributed by atoms with Gasteiger partial charge in [-0.05, 0) is 35.7 Å². The van der Waals surface area contributed by atoms with Crippen LogP contribution in [-0.2, 0) is 27.1 Å². The number of H-pyrrole nitrogens is 1. The lowest BCUT2D eigenvalue weighted by Crippen LogP contribution is -2.37. The summed E-state index contributed by atoms with van der Waals surface area (Å²) in [6.07, 6.45) is 2.75. The van der Waals surface area contributed by atoms with Gasteiger partial charge in [-0.25, -0.2) is 4.79 Å². The SMILES string of the molecule is Cn1c(=O)c2c(nc(NCCc3c[nH]c4ccccc34)n2Cc2ccc(Cl)c(Cl)c2)n(C)c1=O. The number of hydrogen-bond acceptors (Lipinski definition) is 4. The predicted octanol–water partition coefficient (Wildman–Crippen LogP) is 3.92. The first-order chi connectivity index (χ1) is 16.3. The summed E-state index contributed by atoms with van der Waals surface area (Å²) < 4.78 is 4.25. The average molecular weight is 497 g/mol. The first-order valence-electron chi connectivity index (χ1n) is 10.7. The number of aryl methyl sites for hydroxylation is 1. The van der Waals surface area contributed by atoms with Crippen LogP contribution in [0.25, 0.3) is 22.1 Å². The fraction of sp³-hybridized carbons (Fsp3) is 0.208. The largest absolute Gasteiger partial charge is 0.361 e. The summed E-state index contributed by atoms with van der Waals surface area (Å²) in [4.78, 5) is 33.5. The first-order valence-corrected chi connectivity index (χ1v) is 11.5. The van der Waals surface area contributed by atoms with Crippen LogP contribution in [-0.4, -0.2) is 30.2 Å². The van der Waals surface area contributed by atoms with Gasteiger partial charge in [-0.15, -0.1) is 0 Å². The zero-order chi connectivity index (χ0) is 24.0. The van der Waals surface area contributed by atoms with Crippen LogP contribution in [0.1, 0.15) is 11.1 Å². The summed E-state index contributed by atoms with van der Waals surface area (Å²) >= 11 is 12.3. The Morgan fingerprint density at radius 2 is 1.82 bits per heavy atom. The molecule has 0 amide bonds. The van der Waals surface area contributed by atoms with Gasteiger partial charge in [0.15, 0.2) is 11.2 Å². The quantitative estimate of drug-likeness (QED) is 0.372. The first kappa shape index (κ1) is 22.3. The second-order valence-electron chi connectivity index (χ2n) is 8.18. The van der Waals surface area contributed by atoms with Crippen LogP contribution in [0.5, 0.6) is 0 Å². The molecular weight excluding hydrogens is 475 g/mol. The van der Waals surface area contributed by atoms with E-state index in [-0.39, 0.29) is 0 Å². The van der Waals surface area contributed by atoms with E-state index in [1.54, 1.807) is 23.7 Å². The highest BCUT2D eigenvalue weighted by Crippen LogP contribution is 2.25. The van der Waals surface area contributed by atoms with Gasteiger partial charge >= 0.3 is 5.69 Å². The molecule has 0 fully saturated rings. The lowest BCUT2D eigenvalue weighted by atomic mass is 10.1. The molecule has 0 saturated heterocycles. The van der Waals surface area contributed by atoms with E-state index in [9.17, 15) is 9.59 Å². The maximum absolute atomic E-state index is 13.1. The standard InChI is InChI=1S/C24H22Cl2N6O2/c1-30-21-20(22(33)31(2)24(30)34)32(13-14-7-8-17(25)18(26)11-14)23(29-21)27-10-9-15-12-28-19-6-4-3-5-16(15)19/h3-8,11-12,28H,9-10,13H2,1-2H3,(H,27,29). The summed E-state index contributed by atoms with van der Waals surface area (Å²) in [5, 5.41) is 5.42. The Morgan fingerprint density at radius 3 is 2.62 bits per heavy atom. The van der Waals surface area contributed by atoms with Crippen molar-refractivity contribution in [3.63, 3.8) is 0 Å². The van der Waals surface area contributed by atoms with Gasteiger partial charge in [-0.2, -0.15) is 4.98 Å². The molecule has 0 atom stereocenters. The summed E-state index contributed by atoms with van der Waals surface area (Å²) in [7, 11) is 3.07. The Morgan fingerprint density at radius 1 is 1.03 bits per heavy atom. The highest BCUT2D eigenvalue weighted by atomic mass is 35.5. The smallest absolute Gasteiger partial charge is 0.332 e. The van der Waals surface area contributed by atoms with E-state index in [2.05, 4.69) is 21.4 Å². The van der Waals surface area contributed by atoms with Gasteiger partial charge in [-0.3, -0.25) is 18.5 Å². The molecule has 34 heavy (non-hydrogen) atoms. The predicted molar refractivity (Wildman–Crippen MR) is 136 cm³/mol. The zero-order valence-electron chi connectivity index (χ0n) is 18.6. The molecule has 5 rings (SSSR count). The van der Waals surface area contributed by atoms with Gasteiger partial charge in [0, 0.05) is 37.7 Å². The maximum Gasteiger partial charge on any atom is 0.332 e. The number of imidazole rings is 1. The number of aromatic nitrogens is 5. The number of halogens is 2. The fourth-order valence-corrected chi connectivity index (χ4v) is 4.52. The molecule has 0 aliphatic heterocycles. The van der Waals surface area contributed by atoms with E-state index in [0.717, 1.165) is 22.1 Å². The Bertz CT molecular complexity index is 1660. The second kappa shape index (κ2) is 8.70. The topological polar surface area (TPSA) is 89.6 Å². The number of anilines is 1. The van der Waals surface area contributed by atoms with Gasteiger partial charge in [0.05, 0.1) is 16.6 Å². The van der Waals surface area contributed by atoms with Crippen molar-refractivity contribution in [2.75, 3.05) is 11.9 Å². The molecule has 5 aromatic rings. The number of rotatable bonds is 6. The van der Waals surface area contributed by atoms with Crippen LogP contribution in [0.4, 0.5) is 5.95 Å². The maximum atomic E-state index is 13.1. The Balaban J connectivity index is 1.54. The molecule has 8 nitrogen and oxygen atoms in total. The third-order valence-electron chi connectivity index (χ3n) is 6.03. The van der Waals surface area contributed by atoms with Crippen LogP contribution in [0.2, 0.25) is 10.0 Å². The van der Waals surface area contributed by atoms with Crippen molar-refractivity contribution in [2.24, 2.45) is 14.1 Å². The van der Waals surface area contributed by atoms with Crippen LogP contribution in [0, 0.1) is 0 Å². The molecule has 2 aromatic carbocycles. The van der Waals surface area contributed by atoms with Gasteiger partial charge in [-0.1, -0.05) is 47.5 Å². The molecule has 10 heteroatoms. The van der Waals surface area contributed by atoms with Crippen LogP contribution < -0.4 is 16.6 Å². The van der Waals surface area contributed by atoms with Crippen molar-refractivity contribution in [2.45, 2.75) is 13.0 Å². The minimum Gasteiger partial charge on any atom is -0.361 e. The number of nitrogens with one attached hydrogen (secondary N) is 2. The van der Waals surface area contributed by atoms with Crippen molar-refractivity contribution in [3.05, 3.63) is 90.7 Å². The molecule has 0 aliphatic rings. The van der Waals surface area contributed by atoms with E-state index in [0.29, 0.717) is 40.2 Å². The van der Waals surface area contributed by atoms with Gasteiger partial charge < -0.3 is 10.3 Å². The normalized spacial score (nSPS) is 11.5. The molecule has 3 aromatic heterocycles. The third-order valence-corrected chi connectivity index (χ3v) is 6.76. The van der Waals surface area contributed by atoms with Gasteiger partial charge in [0.1, 0.15) is 0 Å². The van der Waals surface area contributed by atoms with Crippen LogP contribution in [0.15, 0.2) is 58.3 Å². The summed E-state index contributed by atoms with van der Waals surface area (Å²) in [5.41, 5.74) is 2.94. The monoisotopic (exact) mass is 496 g/mol. The third kappa shape index (κ3) is 3.78. The summed E-state index contributed by atoms with van der Waals surface area (Å²) in [5.74, 6) is 0.499. The Hall–Kier alpha value is -3.49. The van der Waals surface area contributed by atoms with Crippen molar-refractivity contribution < 1.29 is 0 Å². The molecular formula is C24H22Cl2N6O2. The lowest BCUT2D eigenvalue weighted by molar-refractivity contribution is 0.702. The van der Waals surface area contributed by atoms with Gasteiger partial charge in [0.25, 0.3) is 5.56 Å². The minimum absolute atomic E-state index is 0.322. The number of aromatic amines is 1. The molecule has 0 unspecified atom stereocenters. The van der Waals surface area contributed by atoms with Crippen molar-refractivity contribution in [1.29, 1.82) is 0 Å². The van der Waals surface area contributed by atoms with Crippen LogP contribution in [0.3, 0.4) is 0 Å². The molecule has 2 N–H and O–H groups in total. The van der Waals surface area contributed by atoms with Crippen LogP contribution >= 0.6 is 23.2 Å². The number of hydrogen-bond donors (Lipinski definition) is 2. The number of fused-ring (bicyclic) bond motifs is 2. The fourth-order valence-electron chi connectivity index (χ4n) is 4.20. The van der Waals surface area contributed by atoms with E-state index >= 15 is 0 Å².